The third-order valence-corrected chi connectivity index (χ3v) is 6.64. The van der Waals surface area contributed by atoms with E-state index in [-0.39, 0.29) is 11.4 Å². The largest absolute Gasteiger partial charge is 0.400 e. The molecule has 0 saturated carbocycles. The lowest BCUT2D eigenvalue weighted by molar-refractivity contribution is 0.246. The molecule has 1 aromatic heterocycles. The lowest BCUT2D eigenvalue weighted by atomic mass is 10.1. The van der Waals surface area contributed by atoms with Crippen LogP contribution in [0.2, 0.25) is 0 Å². The number of carbonyl (C=O) groups is 1. The molecule has 0 saturated heterocycles. The lowest BCUT2D eigenvalue weighted by Crippen LogP contribution is -2.40. The summed E-state index contributed by atoms with van der Waals surface area (Å²) in [5, 5.41) is 4.19. The van der Waals surface area contributed by atoms with Gasteiger partial charge in [-0.15, -0.1) is 0 Å². The zero-order chi connectivity index (χ0) is 25.8. The number of nitrogens with zero attached hydrogens (tertiary/aromatic N) is 2. The molecule has 0 aliphatic heterocycles. The number of imidazole rings is 1. The van der Waals surface area contributed by atoms with Crippen molar-refractivity contribution >= 4 is 27.8 Å². The second-order valence-electron chi connectivity index (χ2n) is 8.49. The Kier molecular flexibility index (Phi) is 7.81. The van der Waals surface area contributed by atoms with E-state index in [0.717, 1.165) is 38.9 Å². The second-order valence-corrected chi connectivity index (χ2v) is 10.2. The fourth-order valence-corrected chi connectivity index (χ4v) is 4.53. The molecule has 184 valence electrons. The predicted molar refractivity (Wildman–Crippen MR) is 139 cm³/mol. The first-order chi connectivity index (χ1) is 16.5. The normalized spacial score (nSPS) is 12.9. The van der Waals surface area contributed by atoms with Crippen LogP contribution in [0.3, 0.4) is 0 Å². The molecule has 3 rings (SSSR count). The maximum Gasteiger partial charge on any atom is 0.328 e. The van der Waals surface area contributed by atoms with Crippen LogP contribution in [0.4, 0.5) is 4.79 Å². The van der Waals surface area contributed by atoms with Gasteiger partial charge in [-0.1, -0.05) is 42.0 Å². The number of urea groups is 1. The van der Waals surface area contributed by atoms with Gasteiger partial charge in [0, 0.05) is 17.9 Å². The highest BCUT2D eigenvalue weighted by Crippen LogP contribution is 2.11. The van der Waals surface area contributed by atoms with Gasteiger partial charge in [-0.25, -0.2) is 22.9 Å². The van der Waals surface area contributed by atoms with Gasteiger partial charge >= 0.3 is 6.03 Å². The van der Waals surface area contributed by atoms with Crippen LogP contribution in [-0.2, 0) is 16.4 Å². The third-order valence-electron chi connectivity index (χ3n) is 5.29. The Bertz CT molecular complexity index is 1470. The maximum atomic E-state index is 12.3. The Labute approximate surface area is 205 Å². The van der Waals surface area contributed by atoms with Crippen LogP contribution in [0.15, 0.2) is 65.6 Å². The summed E-state index contributed by atoms with van der Waals surface area (Å²) in [4.78, 5) is 16.8. The molecular weight excluding hydrogens is 462 g/mol. The molecule has 9 heteroatoms. The fourth-order valence-electron chi connectivity index (χ4n) is 3.60. The highest BCUT2D eigenvalue weighted by Gasteiger charge is 2.17. The summed E-state index contributed by atoms with van der Waals surface area (Å²) in [7, 11) is -3.92. The zero-order valence-electron chi connectivity index (χ0n) is 20.4. The van der Waals surface area contributed by atoms with Crippen LogP contribution in [-0.4, -0.2) is 30.5 Å². The monoisotopic (exact) mass is 493 g/mol. The molecule has 0 spiro atoms. The number of allylic oxidation sites excluding steroid dienone is 1. The van der Waals surface area contributed by atoms with Crippen LogP contribution < -0.4 is 26.5 Å². The number of nitrogens with two attached hydrogens (primary N) is 1. The van der Waals surface area contributed by atoms with Crippen molar-refractivity contribution in [1.82, 2.24) is 19.6 Å². The number of aryl methyl sites for hydroxylation is 2. The summed E-state index contributed by atoms with van der Waals surface area (Å²) in [5.41, 5.74) is 10.4. The lowest BCUT2D eigenvalue weighted by Gasteiger charge is -2.10. The van der Waals surface area contributed by atoms with Gasteiger partial charge in [-0.3, -0.25) is 4.57 Å². The first-order valence-electron chi connectivity index (χ1n) is 11.1. The van der Waals surface area contributed by atoms with Gasteiger partial charge in [0.1, 0.15) is 11.2 Å². The molecule has 0 unspecified atom stereocenters. The van der Waals surface area contributed by atoms with Crippen LogP contribution in [0, 0.1) is 13.8 Å². The summed E-state index contributed by atoms with van der Waals surface area (Å²) in [5.74, 6) is 0.804. The average molecular weight is 494 g/mol. The Balaban J connectivity index is 1.67. The molecule has 3 aromatic rings. The van der Waals surface area contributed by atoms with E-state index in [0.29, 0.717) is 12.1 Å². The van der Waals surface area contributed by atoms with E-state index >= 15 is 0 Å². The molecule has 0 atom stereocenters. The number of hydrogen-bond acceptors (Lipinski definition) is 5. The molecule has 0 aliphatic rings. The van der Waals surface area contributed by atoms with Gasteiger partial charge in [0.15, 0.2) is 0 Å². The number of rotatable bonds is 7. The van der Waals surface area contributed by atoms with E-state index < -0.39 is 16.1 Å². The molecule has 8 nitrogen and oxygen atoms in total. The average Bonchev–Trinajstić information content (AvgIpc) is 3.09. The SMILES string of the molecule is C=C(C)/C=c1\c(=C(\C)N)nc(C)n1-c1ccc(CCNC(=O)NS(=O)(=O)c2ccc(C)cc2)cc1. The maximum absolute atomic E-state index is 12.3. The van der Waals surface area contributed by atoms with Gasteiger partial charge in [-0.2, -0.15) is 0 Å². The summed E-state index contributed by atoms with van der Waals surface area (Å²) in [6, 6.07) is 13.4. The molecule has 35 heavy (non-hydrogen) atoms. The van der Waals surface area contributed by atoms with E-state index in [9.17, 15) is 13.2 Å². The summed E-state index contributed by atoms with van der Waals surface area (Å²) >= 11 is 0. The zero-order valence-corrected chi connectivity index (χ0v) is 21.2. The highest BCUT2D eigenvalue weighted by molar-refractivity contribution is 7.90. The minimum absolute atomic E-state index is 0.0393. The molecule has 2 aromatic carbocycles. The van der Waals surface area contributed by atoms with Gasteiger partial charge in [0.05, 0.1) is 10.2 Å². The summed E-state index contributed by atoms with van der Waals surface area (Å²) < 4.78 is 28.7. The summed E-state index contributed by atoms with van der Waals surface area (Å²) in [6.45, 7) is 11.8. The molecule has 0 bridgehead atoms. The number of carbonyl (C=O) groups excluding carboxylic acids is 1. The smallest absolute Gasteiger partial charge is 0.328 e. The van der Waals surface area contributed by atoms with Gasteiger partial charge in [-0.05, 0) is 70.0 Å². The molecule has 4 N–H and O–H groups in total. The van der Waals surface area contributed by atoms with Gasteiger partial charge < -0.3 is 11.1 Å². The van der Waals surface area contributed by atoms with Crippen LogP contribution in [0.25, 0.3) is 17.5 Å². The van der Waals surface area contributed by atoms with Gasteiger partial charge in [0.2, 0.25) is 0 Å². The number of benzene rings is 2. The minimum atomic E-state index is -3.92. The van der Waals surface area contributed by atoms with E-state index in [1.54, 1.807) is 12.1 Å². The topological polar surface area (TPSA) is 119 Å². The van der Waals surface area contributed by atoms with E-state index in [1.165, 1.54) is 12.1 Å². The van der Waals surface area contributed by atoms with Crippen molar-refractivity contribution in [2.24, 2.45) is 5.73 Å². The molecule has 1 heterocycles. The molecule has 0 fully saturated rings. The van der Waals surface area contributed by atoms with Crippen molar-refractivity contribution < 1.29 is 13.2 Å². The third kappa shape index (κ3) is 6.39. The van der Waals surface area contributed by atoms with Crippen molar-refractivity contribution in [1.29, 1.82) is 0 Å². The van der Waals surface area contributed by atoms with Crippen LogP contribution in [0.1, 0.15) is 30.8 Å². The highest BCUT2D eigenvalue weighted by atomic mass is 32.2. The predicted octanol–water partition coefficient (Wildman–Crippen LogP) is 2.16. The Morgan fingerprint density at radius 2 is 1.71 bits per heavy atom. The van der Waals surface area contributed by atoms with E-state index in [4.69, 9.17) is 5.73 Å². The quantitative estimate of drug-likeness (QED) is 0.466. The second kappa shape index (κ2) is 10.6. The Morgan fingerprint density at radius 1 is 1.09 bits per heavy atom. The number of amides is 2. The fraction of sp³-hybridized carbons (Fsp3) is 0.231. The van der Waals surface area contributed by atoms with E-state index in [1.807, 2.05) is 67.3 Å². The van der Waals surface area contributed by atoms with Crippen LogP contribution in [0.5, 0.6) is 0 Å². The van der Waals surface area contributed by atoms with Crippen molar-refractivity contribution in [2.45, 2.75) is 39.0 Å². The molecule has 2 amide bonds. The molecule has 0 aliphatic carbocycles. The summed E-state index contributed by atoms with van der Waals surface area (Å²) in [6.07, 6.45) is 2.49. The minimum Gasteiger partial charge on any atom is -0.400 e. The van der Waals surface area contributed by atoms with Crippen LogP contribution >= 0.6 is 0 Å². The number of aromatic nitrogens is 2. The van der Waals surface area contributed by atoms with Gasteiger partial charge in [0.25, 0.3) is 10.0 Å². The Morgan fingerprint density at radius 3 is 2.29 bits per heavy atom. The first-order valence-corrected chi connectivity index (χ1v) is 12.6. The number of nitrogens with one attached hydrogen (secondary N) is 2. The number of hydrogen-bond donors (Lipinski definition) is 3. The van der Waals surface area contributed by atoms with Crippen molar-refractivity contribution in [2.75, 3.05) is 6.54 Å². The van der Waals surface area contributed by atoms with E-state index in [2.05, 4.69) is 16.9 Å². The first kappa shape index (κ1) is 25.8. The molecule has 0 radical (unpaired) electrons. The molecular formula is C26H31N5O3S. The number of sulfonamides is 1. The van der Waals surface area contributed by atoms with Crippen molar-refractivity contribution in [3.8, 4) is 5.69 Å². The standard InChI is InChI=1S/C26H31N5O3S/c1-17(2)16-24-25(19(4)27)29-20(5)31(24)22-10-8-21(9-11-22)14-15-28-26(32)30-35(33,34)23-12-6-18(3)7-13-23/h6-13,16H,1,14-15,27H2,2-5H3,(H2,28,30,32)/b24-16+,25-19+. The van der Waals surface area contributed by atoms with Crippen molar-refractivity contribution in [3.63, 3.8) is 0 Å². The Hall–Kier alpha value is -3.85. The van der Waals surface area contributed by atoms with Crippen molar-refractivity contribution in [3.05, 3.63) is 88.3 Å².